The van der Waals surface area contributed by atoms with Gasteiger partial charge in [-0.3, -0.25) is 9.59 Å². The van der Waals surface area contributed by atoms with E-state index in [9.17, 15) is 9.59 Å². The summed E-state index contributed by atoms with van der Waals surface area (Å²) in [6.45, 7) is 4.49. The monoisotopic (exact) mass is 417 g/mol. The van der Waals surface area contributed by atoms with Crippen LogP contribution in [0.1, 0.15) is 25.0 Å². The van der Waals surface area contributed by atoms with Gasteiger partial charge < -0.3 is 20.7 Å². The maximum absolute atomic E-state index is 12.8. The third kappa shape index (κ3) is 5.71. The van der Waals surface area contributed by atoms with Crippen molar-refractivity contribution in [2.24, 2.45) is 5.92 Å². The van der Waals surface area contributed by atoms with Crippen LogP contribution in [0, 0.1) is 5.92 Å². The van der Waals surface area contributed by atoms with Crippen molar-refractivity contribution in [2.45, 2.75) is 38.9 Å². The van der Waals surface area contributed by atoms with E-state index in [4.69, 9.17) is 4.74 Å². The fraction of sp³-hybridized carbons (Fsp3) is 0.364. The molecule has 0 saturated heterocycles. The molecule has 7 heteroatoms. The Balaban J connectivity index is 0.00000300. The zero-order valence-electron chi connectivity index (χ0n) is 16.9. The molecule has 2 amide bonds. The zero-order valence-corrected chi connectivity index (χ0v) is 17.7. The van der Waals surface area contributed by atoms with Crippen LogP contribution in [0.3, 0.4) is 0 Å². The Labute approximate surface area is 177 Å². The van der Waals surface area contributed by atoms with Gasteiger partial charge in [-0.25, -0.2) is 0 Å². The van der Waals surface area contributed by atoms with Gasteiger partial charge >= 0.3 is 0 Å². The van der Waals surface area contributed by atoms with Gasteiger partial charge in [0.1, 0.15) is 11.8 Å². The second-order valence-electron chi connectivity index (χ2n) is 7.35. The maximum Gasteiger partial charge on any atom is 0.247 e. The second-order valence-corrected chi connectivity index (χ2v) is 7.35. The van der Waals surface area contributed by atoms with Crippen LogP contribution < -0.4 is 20.7 Å². The molecule has 6 nitrogen and oxygen atoms in total. The fourth-order valence-electron chi connectivity index (χ4n) is 3.32. The lowest BCUT2D eigenvalue weighted by Gasteiger charge is -2.28. The van der Waals surface area contributed by atoms with Crippen LogP contribution in [0.5, 0.6) is 5.75 Å². The molecule has 0 radical (unpaired) electrons. The smallest absolute Gasteiger partial charge is 0.247 e. The summed E-state index contributed by atoms with van der Waals surface area (Å²) in [5, 5.41) is 9.05. The summed E-state index contributed by atoms with van der Waals surface area (Å²) in [7, 11) is 1.59. The van der Waals surface area contributed by atoms with E-state index in [-0.39, 0.29) is 36.2 Å². The Hall–Kier alpha value is -2.57. The molecule has 0 spiro atoms. The number of nitrogens with one attached hydrogen (secondary N) is 3. The normalized spacial score (nSPS) is 16.2. The summed E-state index contributed by atoms with van der Waals surface area (Å²) in [6.07, 6.45) is 0.618. The molecule has 2 aromatic rings. The number of ether oxygens (including phenoxy) is 1. The van der Waals surface area contributed by atoms with Crippen molar-refractivity contribution in [3.8, 4) is 5.75 Å². The molecular formula is C22H28ClN3O3. The molecule has 0 saturated carbocycles. The van der Waals surface area contributed by atoms with Crippen molar-refractivity contribution in [3.05, 3.63) is 59.7 Å². The number of fused-ring (bicyclic) bond motifs is 1. The fourth-order valence-corrected chi connectivity index (χ4v) is 3.32. The van der Waals surface area contributed by atoms with Crippen LogP contribution in [-0.4, -0.2) is 31.0 Å². The van der Waals surface area contributed by atoms with Crippen LogP contribution in [0.25, 0.3) is 0 Å². The molecule has 3 N–H and O–H groups in total. The summed E-state index contributed by atoms with van der Waals surface area (Å²) in [5.74, 6) is 0.288. The Morgan fingerprint density at radius 1 is 1.07 bits per heavy atom. The number of methoxy groups -OCH3 is 1. The molecule has 156 valence electrons. The first-order valence-corrected chi connectivity index (χ1v) is 9.53. The van der Waals surface area contributed by atoms with Crippen molar-refractivity contribution in [3.63, 3.8) is 0 Å². The predicted octanol–water partition coefficient (Wildman–Crippen LogP) is 2.91. The highest BCUT2D eigenvalue weighted by Gasteiger charge is 2.29. The minimum Gasteiger partial charge on any atom is -0.497 e. The molecule has 3 rings (SSSR count). The number of carbonyl (C=O) groups is 2. The standard InChI is InChI=1S/C22H27N3O3.ClH/c1-14(2)20(22(27)24-17-8-10-18(28-3)11-9-17)25-21(26)19-12-15-6-4-5-7-16(15)13-23-19;/h4-11,14,19-20,23H,12-13H2,1-3H3,(H,24,27)(H,25,26);1H. The molecule has 0 fully saturated rings. The summed E-state index contributed by atoms with van der Waals surface area (Å²) >= 11 is 0. The second kappa shape index (κ2) is 10.3. The lowest BCUT2D eigenvalue weighted by Crippen LogP contribution is -2.54. The average Bonchev–Trinajstić information content (AvgIpc) is 2.71. The van der Waals surface area contributed by atoms with Crippen LogP contribution in [0.4, 0.5) is 5.69 Å². The van der Waals surface area contributed by atoms with Gasteiger partial charge in [-0.05, 0) is 47.7 Å². The zero-order chi connectivity index (χ0) is 20.1. The van der Waals surface area contributed by atoms with E-state index in [0.717, 1.165) is 5.75 Å². The average molecular weight is 418 g/mol. The van der Waals surface area contributed by atoms with Crippen LogP contribution in [0.2, 0.25) is 0 Å². The molecule has 2 atom stereocenters. The van der Waals surface area contributed by atoms with Crippen molar-refractivity contribution in [1.82, 2.24) is 10.6 Å². The number of halogens is 1. The highest BCUT2D eigenvalue weighted by Crippen LogP contribution is 2.18. The third-order valence-electron chi connectivity index (χ3n) is 5.00. The minimum absolute atomic E-state index is 0. The molecule has 2 aromatic carbocycles. The molecule has 1 aliphatic heterocycles. The first-order chi connectivity index (χ1) is 13.5. The molecule has 1 aliphatic rings. The minimum atomic E-state index is -0.617. The largest absolute Gasteiger partial charge is 0.497 e. The van der Waals surface area contributed by atoms with E-state index in [1.165, 1.54) is 11.1 Å². The van der Waals surface area contributed by atoms with Crippen LogP contribution in [-0.2, 0) is 22.6 Å². The Morgan fingerprint density at radius 3 is 2.34 bits per heavy atom. The van der Waals surface area contributed by atoms with Crippen molar-refractivity contribution in [1.29, 1.82) is 0 Å². The summed E-state index contributed by atoms with van der Waals surface area (Å²) < 4.78 is 5.13. The van der Waals surface area contributed by atoms with Gasteiger partial charge in [0.15, 0.2) is 0 Å². The number of carbonyl (C=O) groups excluding carboxylic acids is 2. The topological polar surface area (TPSA) is 79.5 Å². The number of amides is 2. The van der Waals surface area contributed by atoms with E-state index < -0.39 is 6.04 Å². The van der Waals surface area contributed by atoms with Gasteiger partial charge in [0.25, 0.3) is 0 Å². The summed E-state index contributed by atoms with van der Waals surface area (Å²) in [4.78, 5) is 25.5. The number of rotatable bonds is 6. The third-order valence-corrected chi connectivity index (χ3v) is 5.00. The number of anilines is 1. The Kier molecular flexibility index (Phi) is 8.05. The number of hydrogen-bond acceptors (Lipinski definition) is 4. The lowest BCUT2D eigenvalue weighted by molar-refractivity contribution is -0.128. The van der Waals surface area contributed by atoms with Gasteiger partial charge in [0, 0.05) is 12.2 Å². The summed E-state index contributed by atoms with van der Waals surface area (Å²) in [5.41, 5.74) is 3.05. The molecule has 29 heavy (non-hydrogen) atoms. The molecule has 0 aliphatic carbocycles. The SMILES string of the molecule is COc1ccc(NC(=O)C(NC(=O)C2Cc3ccccc3CN2)C(C)C)cc1.Cl. The predicted molar refractivity (Wildman–Crippen MR) is 116 cm³/mol. The first kappa shape index (κ1) is 22.7. The highest BCUT2D eigenvalue weighted by atomic mass is 35.5. The van der Waals surface area contributed by atoms with E-state index in [0.29, 0.717) is 18.7 Å². The Bertz CT molecular complexity index is 839. The van der Waals surface area contributed by atoms with Gasteiger partial charge in [-0.2, -0.15) is 0 Å². The molecule has 2 unspecified atom stereocenters. The van der Waals surface area contributed by atoms with Crippen LogP contribution in [0.15, 0.2) is 48.5 Å². The molecular weight excluding hydrogens is 390 g/mol. The highest BCUT2D eigenvalue weighted by molar-refractivity contribution is 5.98. The molecule has 0 aromatic heterocycles. The van der Waals surface area contributed by atoms with E-state index in [1.54, 1.807) is 31.4 Å². The van der Waals surface area contributed by atoms with Gasteiger partial charge in [-0.15, -0.1) is 12.4 Å². The number of benzene rings is 2. The van der Waals surface area contributed by atoms with Crippen LogP contribution >= 0.6 is 12.4 Å². The van der Waals surface area contributed by atoms with E-state index in [1.807, 2.05) is 32.0 Å². The molecule has 0 bridgehead atoms. The number of hydrogen-bond donors (Lipinski definition) is 3. The van der Waals surface area contributed by atoms with Crippen molar-refractivity contribution >= 4 is 29.9 Å². The van der Waals surface area contributed by atoms with Gasteiger partial charge in [0.2, 0.25) is 11.8 Å². The van der Waals surface area contributed by atoms with Crippen molar-refractivity contribution in [2.75, 3.05) is 12.4 Å². The molecule has 1 heterocycles. The summed E-state index contributed by atoms with van der Waals surface area (Å²) in [6, 6.07) is 14.2. The van der Waals surface area contributed by atoms with Crippen molar-refractivity contribution < 1.29 is 14.3 Å². The maximum atomic E-state index is 12.8. The van der Waals surface area contributed by atoms with Gasteiger partial charge in [-0.1, -0.05) is 38.1 Å². The Morgan fingerprint density at radius 2 is 1.72 bits per heavy atom. The van der Waals surface area contributed by atoms with E-state index >= 15 is 0 Å². The lowest BCUT2D eigenvalue weighted by atomic mass is 9.94. The van der Waals surface area contributed by atoms with Gasteiger partial charge in [0.05, 0.1) is 13.2 Å². The first-order valence-electron chi connectivity index (χ1n) is 9.53. The quantitative estimate of drug-likeness (QED) is 0.675. The van der Waals surface area contributed by atoms with E-state index in [2.05, 4.69) is 22.0 Å².